The molecule has 158 valence electrons. The monoisotopic (exact) mass is 397 g/mol. The van der Waals surface area contributed by atoms with Crippen LogP contribution in [0.1, 0.15) is 47.6 Å². The van der Waals surface area contributed by atoms with Crippen LogP contribution in [0, 0.1) is 0 Å². The molecule has 0 aliphatic heterocycles. The highest BCUT2D eigenvalue weighted by atomic mass is 16.2. The molecule has 1 amide bonds. The van der Waals surface area contributed by atoms with Gasteiger partial charge in [0.1, 0.15) is 0 Å². The third-order valence-electron chi connectivity index (χ3n) is 6.02. The summed E-state index contributed by atoms with van der Waals surface area (Å²) >= 11 is 0. The Labute approximate surface area is 174 Å². The molecule has 3 rings (SSSR count). The molecule has 2 aromatic rings. The predicted molar refractivity (Wildman–Crippen MR) is 117 cm³/mol. The lowest BCUT2D eigenvalue weighted by molar-refractivity contribution is 0.0777. The maximum atomic E-state index is 13.1. The molecule has 1 heterocycles. The minimum absolute atomic E-state index is 0.00879. The molecule has 0 spiro atoms. The lowest BCUT2D eigenvalue weighted by Gasteiger charge is -2.26. The van der Waals surface area contributed by atoms with E-state index in [0.717, 1.165) is 56.6 Å². The largest absolute Gasteiger partial charge is 0.336 e. The topological polar surface area (TPSA) is 53.4 Å². The van der Waals surface area contributed by atoms with E-state index in [1.54, 1.807) is 4.90 Å². The number of rotatable bonds is 9. The Morgan fingerprint density at radius 1 is 1.24 bits per heavy atom. The van der Waals surface area contributed by atoms with Gasteiger partial charge in [0.15, 0.2) is 5.69 Å². The van der Waals surface area contributed by atoms with Gasteiger partial charge in [-0.2, -0.15) is 5.10 Å². The average Bonchev–Trinajstić information content (AvgIpc) is 3.07. The molecular weight excluding hydrogens is 362 g/mol. The van der Waals surface area contributed by atoms with Crippen LogP contribution in [0.2, 0.25) is 0 Å². The van der Waals surface area contributed by atoms with Crippen molar-refractivity contribution in [1.29, 1.82) is 0 Å². The van der Waals surface area contributed by atoms with E-state index < -0.39 is 0 Å². The van der Waals surface area contributed by atoms with Crippen LogP contribution in [-0.2, 0) is 26.4 Å². The number of benzene rings is 1. The van der Waals surface area contributed by atoms with Crippen LogP contribution in [0.3, 0.4) is 0 Å². The molecule has 0 saturated carbocycles. The molecule has 0 radical (unpaired) electrons. The number of hydrogen-bond donors (Lipinski definition) is 1. The lowest BCUT2D eigenvalue weighted by Crippen LogP contribution is -2.40. The third-order valence-corrected chi connectivity index (χ3v) is 6.02. The fourth-order valence-corrected chi connectivity index (χ4v) is 4.21. The van der Waals surface area contributed by atoms with Gasteiger partial charge in [-0.3, -0.25) is 9.48 Å². The van der Waals surface area contributed by atoms with Crippen molar-refractivity contribution in [2.75, 3.05) is 33.2 Å². The molecule has 0 saturated heterocycles. The van der Waals surface area contributed by atoms with Gasteiger partial charge in [-0.1, -0.05) is 44.2 Å². The zero-order valence-electron chi connectivity index (χ0n) is 18.3. The number of nitrogens with one attached hydrogen (secondary N) is 1. The second-order valence-corrected chi connectivity index (χ2v) is 7.97. The second-order valence-electron chi connectivity index (χ2n) is 7.97. The third kappa shape index (κ3) is 5.25. The van der Waals surface area contributed by atoms with Crippen LogP contribution in [0.25, 0.3) is 0 Å². The Balaban J connectivity index is 1.66. The summed E-state index contributed by atoms with van der Waals surface area (Å²) in [5.74, 6) is 0.00879. The number of amides is 1. The first-order valence-electron chi connectivity index (χ1n) is 10.8. The molecule has 1 aromatic heterocycles. The molecule has 1 aliphatic rings. The molecule has 1 aliphatic carbocycles. The minimum atomic E-state index is 0.00879. The Kier molecular flexibility index (Phi) is 7.45. The Bertz CT molecular complexity index is 797. The predicted octanol–water partition coefficient (Wildman–Crippen LogP) is 2.48. The number of nitrogens with zero attached hydrogens (tertiary/aromatic N) is 4. The minimum Gasteiger partial charge on any atom is -0.336 e. The lowest BCUT2D eigenvalue weighted by atomic mass is 9.91. The summed E-state index contributed by atoms with van der Waals surface area (Å²) in [5.41, 5.74) is 4.09. The molecule has 0 bridgehead atoms. The molecule has 0 unspecified atom stereocenters. The molecule has 1 atom stereocenters. The van der Waals surface area contributed by atoms with Crippen molar-refractivity contribution in [3.05, 3.63) is 52.8 Å². The number of aromatic nitrogens is 2. The molecular formula is C23H35N5O. The van der Waals surface area contributed by atoms with E-state index in [9.17, 15) is 4.79 Å². The van der Waals surface area contributed by atoms with Crippen LogP contribution in [-0.4, -0.2) is 64.8 Å². The van der Waals surface area contributed by atoms with Gasteiger partial charge in [0.2, 0.25) is 0 Å². The molecule has 0 fully saturated rings. The summed E-state index contributed by atoms with van der Waals surface area (Å²) in [7, 11) is 3.82. The van der Waals surface area contributed by atoms with Crippen molar-refractivity contribution in [2.24, 2.45) is 7.05 Å². The first-order chi connectivity index (χ1) is 14.0. The van der Waals surface area contributed by atoms with Crippen LogP contribution < -0.4 is 5.32 Å². The van der Waals surface area contributed by atoms with Gasteiger partial charge >= 0.3 is 0 Å². The van der Waals surface area contributed by atoms with E-state index in [4.69, 9.17) is 0 Å². The van der Waals surface area contributed by atoms with Crippen molar-refractivity contribution < 1.29 is 4.79 Å². The summed E-state index contributed by atoms with van der Waals surface area (Å²) in [4.78, 5) is 17.3. The standard InChI is InChI=1S/C23H35N5O/c1-5-28(6-2)15-14-24-19-12-13-21-20(16-19)22(25-27(21)4)23(29)26(3)17-18-10-8-7-9-11-18/h7-11,19,24H,5-6,12-17H2,1-4H3/t19-/m0/s1. The highest BCUT2D eigenvalue weighted by Gasteiger charge is 2.29. The van der Waals surface area contributed by atoms with Crippen LogP contribution in [0.15, 0.2) is 30.3 Å². The quantitative estimate of drug-likeness (QED) is 0.706. The highest BCUT2D eigenvalue weighted by molar-refractivity contribution is 5.94. The Hall–Kier alpha value is -2.18. The van der Waals surface area contributed by atoms with Crippen LogP contribution >= 0.6 is 0 Å². The fraction of sp³-hybridized carbons (Fsp3) is 0.565. The molecule has 29 heavy (non-hydrogen) atoms. The van der Waals surface area contributed by atoms with E-state index in [0.29, 0.717) is 18.3 Å². The van der Waals surface area contributed by atoms with E-state index >= 15 is 0 Å². The summed E-state index contributed by atoms with van der Waals surface area (Å²) in [6.07, 6.45) is 2.94. The van der Waals surface area contributed by atoms with Crippen molar-refractivity contribution in [1.82, 2.24) is 24.9 Å². The van der Waals surface area contributed by atoms with E-state index in [2.05, 4.69) is 29.2 Å². The van der Waals surface area contributed by atoms with Crippen LogP contribution in [0.4, 0.5) is 0 Å². The van der Waals surface area contributed by atoms with Gasteiger partial charge in [0.05, 0.1) is 0 Å². The van der Waals surface area contributed by atoms with Crippen molar-refractivity contribution in [2.45, 2.75) is 45.7 Å². The van der Waals surface area contributed by atoms with Crippen LogP contribution in [0.5, 0.6) is 0 Å². The number of hydrogen-bond acceptors (Lipinski definition) is 4. The number of carbonyl (C=O) groups is 1. The zero-order chi connectivity index (χ0) is 20.8. The summed E-state index contributed by atoms with van der Waals surface area (Å²) < 4.78 is 1.91. The Morgan fingerprint density at radius 3 is 2.66 bits per heavy atom. The van der Waals surface area contributed by atoms with Gasteiger partial charge in [-0.05, 0) is 37.9 Å². The van der Waals surface area contributed by atoms with E-state index in [1.165, 1.54) is 5.69 Å². The molecule has 6 heteroatoms. The van der Waals surface area contributed by atoms with E-state index in [1.807, 2.05) is 49.1 Å². The maximum Gasteiger partial charge on any atom is 0.274 e. The smallest absolute Gasteiger partial charge is 0.274 e. The zero-order valence-corrected chi connectivity index (χ0v) is 18.3. The number of carbonyl (C=O) groups excluding carboxylic acids is 1. The van der Waals surface area contributed by atoms with Gasteiger partial charge in [0.25, 0.3) is 5.91 Å². The summed E-state index contributed by atoms with van der Waals surface area (Å²) in [6, 6.07) is 10.5. The molecule has 6 nitrogen and oxygen atoms in total. The fourth-order valence-electron chi connectivity index (χ4n) is 4.21. The maximum absolute atomic E-state index is 13.1. The van der Waals surface area contributed by atoms with Gasteiger partial charge in [-0.25, -0.2) is 0 Å². The van der Waals surface area contributed by atoms with Gasteiger partial charge in [-0.15, -0.1) is 0 Å². The van der Waals surface area contributed by atoms with Gasteiger partial charge in [0, 0.05) is 51.0 Å². The van der Waals surface area contributed by atoms with Gasteiger partial charge < -0.3 is 15.1 Å². The number of likely N-dealkylation sites (N-methyl/N-ethyl adjacent to an activating group) is 1. The average molecular weight is 398 g/mol. The SMILES string of the molecule is CCN(CC)CCN[C@H]1CCc2c(c(C(=O)N(C)Cc3ccccc3)nn2C)C1. The molecule has 1 aromatic carbocycles. The van der Waals surface area contributed by atoms with E-state index in [-0.39, 0.29) is 5.91 Å². The van der Waals surface area contributed by atoms with Crippen molar-refractivity contribution >= 4 is 5.91 Å². The highest BCUT2D eigenvalue weighted by Crippen LogP contribution is 2.25. The normalized spacial score (nSPS) is 16.1. The second kappa shape index (κ2) is 10.0. The number of aryl methyl sites for hydroxylation is 1. The first kappa shape index (κ1) is 21.5. The van der Waals surface area contributed by atoms with Crippen molar-refractivity contribution in [3.8, 4) is 0 Å². The Morgan fingerprint density at radius 2 is 1.97 bits per heavy atom. The first-order valence-corrected chi connectivity index (χ1v) is 10.8. The summed E-state index contributed by atoms with van der Waals surface area (Å²) in [6.45, 7) is 9.22. The molecule has 1 N–H and O–H groups in total. The van der Waals surface area contributed by atoms with Crippen molar-refractivity contribution in [3.63, 3.8) is 0 Å². The number of fused-ring (bicyclic) bond motifs is 1. The summed E-state index contributed by atoms with van der Waals surface area (Å²) in [5, 5.41) is 8.32.